The van der Waals surface area contributed by atoms with Crippen LogP contribution < -0.4 is 34.0 Å². The number of benzene rings is 1. The molecule has 0 bridgehead atoms. The van der Waals surface area contributed by atoms with Crippen molar-refractivity contribution >= 4 is 20.3 Å². The molecule has 0 fully saturated rings. The van der Waals surface area contributed by atoms with Crippen LogP contribution >= 0.6 is 0 Å². The summed E-state index contributed by atoms with van der Waals surface area (Å²) in [5.41, 5.74) is 1.47. The number of rotatable bonds is 2. The van der Waals surface area contributed by atoms with Crippen molar-refractivity contribution in [1.29, 1.82) is 0 Å². The zero-order valence-electron chi connectivity index (χ0n) is 11.1. The summed E-state index contributed by atoms with van der Waals surface area (Å²) in [7, 11) is 1.08. The molecular formula is C14H19Br2SiZr. The van der Waals surface area contributed by atoms with E-state index in [9.17, 15) is 0 Å². The third-order valence-electron chi connectivity index (χ3n) is 2.22. The van der Waals surface area contributed by atoms with Crippen molar-refractivity contribution in [1.82, 2.24) is 0 Å². The van der Waals surface area contributed by atoms with E-state index in [1.807, 2.05) is 0 Å². The van der Waals surface area contributed by atoms with E-state index in [-0.39, 0.29) is 60.2 Å². The molecule has 0 aliphatic heterocycles. The van der Waals surface area contributed by atoms with Gasteiger partial charge in [-0.15, -0.1) is 40.6 Å². The van der Waals surface area contributed by atoms with E-state index in [0.29, 0.717) is 0 Å². The van der Waals surface area contributed by atoms with Gasteiger partial charge in [0.1, 0.15) is 0 Å². The minimum absolute atomic E-state index is 0. The molecule has 0 aliphatic rings. The molecule has 0 spiro atoms. The van der Waals surface area contributed by atoms with E-state index in [1.54, 1.807) is 0 Å². The van der Waals surface area contributed by atoms with Crippen LogP contribution in [0.25, 0.3) is 10.8 Å². The molecule has 0 saturated carbocycles. The van der Waals surface area contributed by atoms with Crippen molar-refractivity contribution in [3.8, 4) is 0 Å². The Labute approximate surface area is 154 Å². The first-order chi connectivity index (χ1) is 7.31. The fraction of sp³-hybridized carbons (Fsp3) is 0.357. The van der Waals surface area contributed by atoms with Gasteiger partial charge in [0.05, 0.1) is 0 Å². The largest absolute Gasteiger partial charge is 3.00 e. The van der Waals surface area contributed by atoms with Gasteiger partial charge >= 0.3 is 26.2 Å². The summed E-state index contributed by atoms with van der Waals surface area (Å²) in [4.78, 5) is 0. The average molecular weight is 466 g/mol. The number of hydrogen-bond acceptors (Lipinski definition) is 0. The van der Waals surface area contributed by atoms with Crippen molar-refractivity contribution in [3.63, 3.8) is 0 Å². The van der Waals surface area contributed by atoms with Gasteiger partial charge in [-0.3, -0.25) is 0 Å². The normalized spacial score (nSPS) is 8.17. The predicted molar refractivity (Wildman–Crippen MR) is 71.0 cm³/mol. The van der Waals surface area contributed by atoms with E-state index >= 15 is 0 Å². The molecule has 0 heterocycles. The first-order valence-corrected chi connectivity index (χ1v) is 7.54. The quantitative estimate of drug-likeness (QED) is 0.366. The van der Waals surface area contributed by atoms with Gasteiger partial charge in [0, 0.05) is 9.52 Å². The van der Waals surface area contributed by atoms with Crippen molar-refractivity contribution in [2.24, 2.45) is 0 Å². The average Bonchev–Trinajstić information content (AvgIpc) is 2.61. The molecule has 0 atom stereocenters. The summed E-state index contributed by atoms with van der Waals surface area (Å²) >= 11 is 0. The van der Waals surface area contributed by atoms with Gasteiger partial charge in [0.15, 0.2) is 0 Å². The monoisotopic (exact) mass is 463 g/mol. The molecule has 2 aromatic rings. The molecule has 3 radical (unpaired) electrons. The predicted octanol–water partition coefficient (Wildman–Crippen LogP) is -1.70. The Morgan fingerprint density at radius 2 is 1.67 bits per heavy atom. The van der Waals surface area contributed by atoms with Crippen LogP contribution in [0.4, 0.5) is 0 Å². The first-order valence-electron chi connectivity index (χ1n) is 5.54. The van der Waals surface area contributed by atoms with Gasteiger partial charge in [0.25, 0.3) is 0 Å². The Bertz CT molecular complexity index is 368. The summed E-state index contributed by atoms with van der Waals surface area (Å²) in [6, 6.07) is 13.1. The van der Waals surface area contributed by atoms with Gasteiger partial charge in [-0.05, 0) is 6.42 Å². The van der Waals surface area contributed by atoms with Crippen LogP contribution in [0.3, 0.4) is 0 Å². The molecule has 2 rings (SSSR count). The molecule has 0 N–H and O–H groups in total. The zero-order chi connectivity index (χ0) is 11.1. The van der Waals surface area contributed by atoms with Crippen LogP contribution in [0.15, 0.2) is 36.4 Å². The van der Waals surface area contributed by atoms with Crippen molar-refractivity contribution in [3.05, 3.63) is 42.0 Å². The second-order valence-electron chi connectivity index (χ2n) is 3.74. The van der Waals surface area contributed by atoms with Gasteiger partial charge < -0.3 is 34.0 Å². The Balaban J connectivity index is -0.000000345. The summed E-state index contributed by atoms with van der Waals surface area (Å²) < 4.78 is 0. The van der Waals surface area contributed by atoms with Crippen LogP contribution in [-0.2, 0) is 32.6 Å². The third-order valence-corrected chi connectivity index (χ3v) is 2.22. The van der Waals surface area contributed by atoms with Crippen molar-refractivity contribution in [2.75, 3.05) is 0 Å². The third kappa shape index (κ3) is 8.14. The van der Waals surface area contributed by atoms with Gasteiger partial charge in [0.2, 0.25) is 0 Å². The summed E-state index contributed by atoms with van der Waals surface area (Å²) in [5, 5.41) is 2.75. The van der Waals surface area contributed by atoms with Crippen LogP contribution in [0.2, 0.25) is 13.1 Å². The SMILES string of the molecule is CCCc1cc2ccccc2[cH-]1.C[Si]C.[Br-].[Br-].[Zr+3]. The Morgan fingerprint density at radius 3 is 2.17 bits per heavy atom. The maximum absolute atomic E-state index is 2.29. The number of aryl methyl sites for hydroxylation is 1. The summed E-state index contributed by atoms with van der Waals surface area (Å²) in [5.74, 6) is 0. The second-order valence-corrected chi connectivity index (χ2v) is 4.74. The van der Waals surface area contributed by atoms with Crippen LogP contribution in [0.5, 0.6) is 0 Å². The van der Waals surface area contributed by atoms with Gasteiger partial charge in [-0.25, -0.2) is 0 Å². The Kier molecular flexibility index (Phi) is 19.0. The number of fused-ring (bicyclic) bond motifs is 1. The molecule has 0 nitrogen and oxygen atoms in total. The van der Waals surface area contributed by atoms with E-state index < -0.39 is 0 Å². The molecule has 97 valence electrons. The second kappa shape index (κ2) is 14.3. The maximum Gasteiger partial charge on any atom is 3.00 e. The van der Waals surface area contributed by atoms with Crippen LogP contribution in [0.1, 0.15) is 18.9 Å². The molecule has 0 saturated heterocycles. The zero-order valence-corrected chi connectivity index (χ0v) is 17.8. The van der Waals surface area contributed by atoms with Gasteiger partial charge in [-0.1, -0.05) is 32.5 Å². The molecule has 0 unspecified atom stereocenters. The van der Waals surface area contributed by atoms with E-state index in [0.717, 1.165) is 9.52 Å². The minimum Gasteiger partial charge on any atom is -1.00 e. The van der Waals surface area contributed by atoms with Crippen LogP contribution in [0, 0.1) is 0 Å². The molecule has 0 aromatic heterocycles. The fourth-order valence-corrected chi connectivity index (χ4v) is 1.65. The number of halogens is 2. The van der Waals surface area contributed by atoms with Crippen molar-refractivity contribution < 1.29 is 60.2 Å². The standard InChI is InChI=1S/C12H13.C2H6Si.2BrH.Zr/c1-2-5-10-8-11-6-3-4-7-12(11)9-10;1-3-2;;;/h3-4,6-9H,2,5H2,1H3;1-2H3;2*1H;/q-1;;;;+3/p-2. The molecular weight excluding hydrogens is 447 g/mol. The van der Waals surface area contributed by atoms with E-state index in [4.69, 9.17) is 0 Å². The molecule has 0 aliphatic carbocycles. The smallest absolute Gasteiger partial charge is 1.00 e. The Morgan fingerprint density at radius 1 is 1.11 bits per heavy atom. The fourth-order valence-electron chi connectivity index (χ4n) is 1.65. The summed E-state index contributed by atoms with van der Waals surface area (Å²) in [6.45, 7) is 6.53. The van der Waals surface area contributed by atoms with Crippen molar-refractivity contribution in [2.45, 2.75) is 32.9 Å². The maximum atomic E-state index is 2.29. The summed E-state index contributed by atoms with van der Waals surface area (Å²) in [6.07, 6.45) is 2.44. The molecule has 18 heavy (non-hydrogen) atoms. The number of hydrogen-bond donors (Lipinski definition) is 0. The molecule has 2 aromatic carbocycles. The van der Waals surface area contributed by atoms with E-state index in [2.05, 4.69) is 56.4 Å². The van der Waals surface area contributed by atoms with Gasteiger partial charge in [-0.2, -0.15) is 6.07 Å². The minimum atomic E-state index is 0. The van der Waals surface area contributed by atoms with Crippen LogP contribution in [-0.4, -0.2) is 9.52 Å². The van der Waals surface area contributed by atoms with E-state index in [1.165, 1.54) is 29.2 Å². The topological polar surface area (TPSA) is 0 Å². The molecule has 0 amide bonds. The molecule has 4 heteroatoms. The first kappa shape index (κ1) is 23.9. The Hall–Kier alpha value is 0.890.